The van der Waals surface area contributed by atoms with Gasteiger partial charge in [0.2, 0.25) is 0 Å². The van der Waals surface area contributed by atoms with Gasteiger partial charge in [-0.3, -0.25) is 19.7 Å². The molecule has 0 aliphatic heterocycles. The lowest BCUT2D eigenvalue weighted by molar-refractivity contribution is -0.384. The van der Waals surface area contributed by atoms with Crippen molar-refractivity contribution >= 4 is 17.5 Å². The Labute approximate surface area is 148 Å². The van der Waals surface area contributed by atoms with Gasteiger partial charge in [0.1, 0.15) is 5.82 Å². The summed E-state index contributed by atoms with van der Waals surface area (Å²) >= 11 is 0. The van der Waals surface area contributed by atoms with E-state index in [1.165, 1.54) is 0 Å². The molecule has 2 aromatic rings. The number of benzene rings is 2. The molecule has 0 atom stereocenters. The highest BCUT2D eigenvalue weighted by atomic mass is 19.1. The maximum atomic E-state index is 13.8. The Morgan fingerprint density at radius 1 is 1.15 bits per heavy atom. The number of rotatable bonds is 6. The average Bonchev–Trinajstić information content (AvgIpc) is 3.44. The number of nitro benzene ring substituents is 1. The molecule has 2 aromatic carbocycles. The van der Waals surface area contributed by atoms with Crippen LogP contribution in [0.4, 0.5) is 10.1 Å². The number of nitrogens with one attached hydrogen (secondary N) is 2. The van der Waals surface area contributed by atoms with Crippen molar-refractivity contribution in [1.29, 1.82) is 0 Å². The third kappa shape index (κ3) is 4.21. The van der Waals surface area contributed by atoms with Crippen molar-refractivity contribution in [2.24, 2.45) is 0 Å². The van der Waals surface area contributed by atoms with E-state index in [1.807, 2.05) is 0 Å². The van der Waals surface area contributed by atoms with Gasteiger partial charge >= 0.3 is 0 Å². The molecule has 0 heterocycles. The molecule has 0 spiro atoms. The van der Waals surface area contributed by atoms with E-state index in [0.717, 1.165) is 31.0 Å². The van der Waals surface area contributed by atoms with Gasteiger partial charge in [-0.25, -0.2) is 4.39 Å². The fourth-order valence-electron chi connectivity index (χ4n) is 2.40. The first-order chi connectivity index (χ1) is 12.4. The number of carbonyl (C=O) groups is 2. The molecule has 0 aromatic heterocycles. The van der Waals surface area contributed by atoms with Crippen LogP contribution in [0.1, 0.15) is 39.1 Å². The van der Waals surface area contributed by atoms with Crippen molar-refractivity contribution in [2.75, 3.05) is 0 Å². The van der Waals surface area contributed by atoms with Crippen LogP contribution in [0.25, 0.3) is 0 Å². The van der Waals surface area contributed by atoms with Crippen LogP contribution in [0.3, 0.4) is 0 Å². The van der Waals surface area contributed by atoms with Gasteiger partial charge in [-0.1, -0.05) is 12.1 Å². The number of halogens is 1. The summed E-state index contributed by atoms with van der Waals surface area (Å²) in [5.41, 5.74) is 0.370. The first-order valence-corrected chi connectivity index (χ1v) is 8.06. The Kier molecular flexibility index (Phi) is 4.92. The number of amides is 2. The van der Waals surface area contributed by atoms with E-state index in [-0.39, 0.29) is 24.2 Å². The maximum absolute atomic E-state index is 13.8. The minimum Gasteiger partial charge on any atom is -0.349 e. The molecule has 0 unspecified atom stereocenters. The smallest absolute Gasteiger partial charge is 0.270 e. The Bertz CT molecular complexity index is 880. The fourth-order valence-corrected chi connectivity index (χ4v) is 2.40. The van der Waals surface area contributed by atoms with Gasteiger partial charge in [0.25, 0.3) is 17.5 Å². The summed E-state index contributed by atoms with van der Waals surface area (Å²) in [5, 5.41) is 16.1. The first kappa shape index (κ1) is 17.5. The summed E-state index contributed by atoms with van der Waals surface area (Å²) in [5.74, 6) is -1.78. The summed E-state index contributed by atoms with van der Waals surface area (Å²) < 4.78 is 13.8. The van der Waals surface area contributed by atoms with E-state index in [1.54, 1.807) is 24.3 Å². The molecule has 3 rings (SSSR count). The number of carbonyl (C=O) groups excluding carboxylic acids is 2. The van der Waals surface area contributed by atoms with Crippen LogP contribution in [0.15, 0.2) is 42.5 Å². The SMILES string of the molecule is O=C(NC1CC1)c1cccc(CNC(=O)c2cc([N+](=O)[O-])ccc2F)c1. The second-order valence-electron chi connectivity index (χ2n) is 6.05. The highest BCUT2D eigenvalue weighted by molar-refractivity contribution is 5.95. The van der Waals surface area contributed by atoms with E-state index >= 15 is 0 Å². The Hall–Kier alpha value is -3.29. The monoisotopic (exact) mass is 357 g/mol. The molecular weight excluding hydrogens is 341 g/mol. The number of hydrogen-bond acceptors (Lipinski definition) is 4. The van der Waals surface area contributed by atoms with E-state index in [9.17, 15) is 24.1 Å². The van der Waals surface area contributed by atoms with Gasteiger partial charge in [0.05, 0.1) is 10.5 Å². The van der Waals surface area contributed by atoms with Gasteiger partial charge in [0.15, 0.2) is 0 Å². The molecule has 1 aliphatic carbocycles. The zero-order chi connectivity index (χ0) is 18.7. The lowest BCUT2D eigenvalue weighted by Crippen LogP contribution is -2.26. The molecule has 0 radical (unpaired) electrons. The quantitative estimate of drug-likeness (QED) is 0.613. The summed E-state index contributed by atoms with van der Waals surface area (Å²) in [4.78, 5) is 34.2. The van der Waals surface area contributed by atoms with Crippen molar-refractivity contribution in [2.45, 2.75) is 25.4 Å². The fraction of sp³-hybridized carbons (Fsp3) is 0.222. The second-order valence-corrected chi connectivity index (χ2v) is 6.05. The number of nitrogens with zero attached hydrogens (tertiary/aromatic N) is 1. The predicted molar refractivity (Wildman–Crippen MR) is 91.2 cm³/mol. The Morgan fingerprint density at radius 3 is 2.62 bits per heavy atom. The highest BCUT2D eigenvalue weighted by Gasteiger charge is 2.23. The predicted octanol–water partition coefficient (Wildman–Crippen LogP) is 2.56. The Morgan fingerprint density at radius 2 is 1.92 bits per heavy atom. The van der Waals surface area contributed by atoms with Crippen molar-refractivity contribution < 1.29 is 18.9 Å². The molecule has 2 N–H and O–H groups in total. The van der Waals surface area contributed by atoms with E-state index in [0.29, 0.717) is 11.1 Å². The zero-order valence-electron chi connectivity index (χ0n) is 13.7. The lowest BCUT2D eigenvalue weighted by Gasteiger charge is -2.08. The van der Waals surface area contributed by atoms with Crippen LogP contribution >= 0.6 is 0 Å². The second kappa shape index (κ2) is 7.30. The van der Waals surface area contributed by atoms with Crippen LogP contribution in [0, 0.1) is 15.9 Å². The molecule has 2 amide bonds. The summed E-state index contributed by atoms with van der Waals surface area (Å²) in [6, 6.07) is 9.73. The third-order valence-electron chi connectivity index (χ3n) is 3.96. The molecular formula is C18H16FN3O4. The molecule has 7 nitrogen and oxygen atoms in total. The van der Waals surface area contributed by atoms with E-state index < -0.39 is 22.2 Å². The van der Waals surface area contributed by atoms with Crippen LogP contribution in [0.5, 0.6) is 0 Å². The first-order valence-electron chi connectivity index (χ1n) is 8.06. The number of non-ortho nitro benzene ring substituents is 1. The molecule has 1 aliphatic rings. The van der Waals surface area contributed by atoms with Crippen LogP contribution < -0.4 is 10.6 Å². The molecule has 0 saturated heterocycles. The van der Waals surface area contributed by atoms with E-state index in [2.05, 4.69) is 10.6 Å². The van der Waals surface area contributed by atoms with Crippen molar-refractivity contribution in [3.05, 3.63) is 75.1 Å². The molecule has 1 saturated carbocycles. The molecule has 134 valence electrons. The van der Waals surface area contributed by atoms with Crippen LogP contribution in [-0.2, 0) is 6.54 Å². The Balaban J connectivity index is 1.67. The van der Waals surface area contributed by atoms with Gasteiger partial charge in [-0.2, -0.15) is 0 Å². The van der Waals surface area contributed by atoms with Crippen molar-refractivity contribution in [1.82, 2.24) is 10.6 Å². The normalized spacial score (nSPS) is 13.1. The van der Waals surface area contributed by atoms with Gasteiger partial charge in [-0.05, 0) is 36.6 Å². The number of nitro groups is 1. The average molecular weight is 357 g/mol. The van der Waals surface area contributed by atoms with E-state index in [4.69, 9.17) is 0 Å². The van der Waals surface area contributed by atoms with Crippen LogP contribution in [0.2, 0.25) is 0 Å². The van der Waals surface area contributed by atoms with Gasteiger partial charge < -0.3 is 10.6 Å². The zero-order valence-corrected chi connectivity index (χ0v) is 13.7. The molecule has 8 heteroatoms. The number of hydrogen-bond donors (Lipinski definition) is 2. The lowest BCUT2D eigenvalue weighted by atomic mass is 10.1. The van der Waals surface area contributed by atoms with Gasteiger partial charge in [0, 0.05) is 30.3 Å². The summed E-state index contributed by atoms with van der Waals surface area (Å²) in [6.07, 6.45) is 1.96. The van der Waals surface area contributed by atoms with Gasteiger partial charge in [-0.15, -0.1) is 0 Å². The molecule has 0 bridgehead atoms. The maximum Gasteiger partial charge on any atom is 0.270 e. The summed E-state index contributed by atoms with van der Waals surface area (Å²) in [6.45, 7) is 0.0610. The molecule has 26 heavy (non-hydrogen) atoms. The minimum atomic E-state index is -0.842. The van der Waals surface area contributed by atoms with Crippen molar-refractivity contribution in [3.8, 4) is 0 Å². The standard InChI is InChI=1S/C18H16FN3O4/c19-16-7-6-14(22(25)26)9-15(16)18(24)20-10-11-2-1-3-12(8-11)17(23)21-13-4-5-13/h1-3,6-9,13H,4-5,10H2,(H,20,24)(H,21,23). The van der Waals surface area contributed by atoms with Crippen molar-refractivity contribution in [3.63, 3.8) is 0 Å². The highest BCUT2D eigenvalue weighted by Crippen LogP contribution is 2.20. The summed E-state index contributed by atoms with van der Waals surface area (Å²) in [7, 11) is 0. The topological polar surface area (TPSA) is 101 Å². The third-order valence-corrected chi connectivity index (χ3v) is 3.96. The molecule has 1 fully saturated rings. The minimum absolute atomic E-state index is 0.0610. The largest absolute Gasteiger partial charge is 0.349 e. The van der Waals surface area contributed by atoms with Crippen LogP contribution in [-0.4, -0.2) is 22.8 Å².